The minimum atomic E-state index is -0.612. The van der Waals surface area contributed by atoms with E-state index in [-0.39, 0.29) is 17.0 Å². The summed E-state index contributed by atoms with van der Waals surface area (Å²) in [4.78, 5) is 29.7. The van der Waals surface area contributed by atoms with Crippen molar-refractivity contribution < 1.29 is 14.3 Å². The molecule has 2 aliphatic rings. The van der Waals surface area contributed by atoms with Crippen LogP contribution in [-0.2, 0) is 20.7 Å². The van der Waals surface area contributed by atoms with Gasteiger partial charge in [-0.15, -0.1) is 0 Å². The third kappa shape index (κ3) is 2.36. The molecule has 1 fully saturated rings. The fourth-order valence-electron chi connectivity index (χ4n) is 2.46. The number of carbonyl (C=O) groups is 2. The Kier molecular flexibility index (Phi) is 3.88. The fraction of sp³-hybridized carbons (Fsp3) is 0.250. The van der Waals surface area contributed by atoms with Crippen molar-refractivity contribution in [1.82, 2.24) is 4.90 Å². The van der Waals surface area contributed by atoms with E-state index in [1.54, 1.807) is 0 Å². The molecule has 5 nitrogen and oxygen atoms in total. The zero-order chi connectivity index (χ0) is 15.7. The van der Waals surface area contributed by atoms with E-state index in [1.807, 2.05) is 30.3 Å². The molecule has 0 spiro atoms. The number of benzene rings is 1. The molecule has 1 amide bonds. The van der Waals surface area contributed by atoms with Gasteiger partial charge in [-0.2, -0.15) is 0 Å². The highest BCUT2D eigenvalue weighted by molar-refractivity contribution is 8.14. The molecule has 2 atom stereocenters. The van der Waals surface area contributed by atoms with Crippen LogP contribution < -0.4 is 0 Å². The van der Waals surface area contributed by atoms with Crippen LogP contribution in [0.25, 0.3) is 0 Å². The van der Waals surface area contributed by atoms with Gasteiger partial charge in [0.15, 0.2) is 11.7 Å². The van der Waals surface area contributed by atoms with Gasteiger partial charge in [0.2, 0.25) is 0 Å². The molecular weight excluding hydrogens is 300 g/mol. The zero-order valence-electron chi connectivity index (χ0n) is 12.0. The van der Waals surface area contributed by atoms with Crippen LogP contribution >= 0.6 is 11.8 Å². The first-order chi connectivity index (χ1) is 10.7. The molecule has 0 aliphatic carbocycles. The topological polar surface area (TPSA) is 59.0 Å². The lowest BCUT2D eigenvalue weighted by molar-refractivity contribution is -0.148. The van der Waals surface area contributed by atoms with Crippen molar-refractivity contribution in [2.24, 2.45) is 4.99 Å². The molecule has 0 bridgehead atoms. The van der Waals surface area contributed by atoms with Crippen molar-refractivity contribution >= 4 is 28.7 Å². The van der Waals surface area contributed by atoms with Gasteiger partial charge in [-0.3, -0.25) is 14.7 Å². The lowest BCUT2D eigenvalue weighted by Crippen LogP contribution is -2.60. The van der Waals surface area contributed by atoms with Gasteiger partial charge >= 0.3 is 5.97 Å². The monoisotopic (exact) mass is 314 g/mol. The van der Waals surface area contributed by atoms with Gasteiger partial charge in [-0.05, 0) is 5.56 Å². The number of nitrogens with zero attached hydrogens (tertiary/aromatic N) is 2. The van der Waals surface area contributed by atoms with Crippen molar-refractivity contribution in [3.63, 3.8) is 0 Å². The molecule has 1 aromatic carbocycles. The van der Waals surface area contributed by atoms with Crippen LogP contribution in [0.3, 0.4) is 0 Å². The first kappa shape index (κ1) is 14.6. The molecule has 0 saturated carbocycles. The highest BCUT2D eigenvalue weighted by atomic mass is 32.2. The normalized spacial score (nSPS) is 22.3. The summed E-state index contributed by atoms with van der Waals surface area (Å²) < 4.78 is 4.66. The number of fused-ring (bicyclic) bond motifs is 1. The number of aliphatic imine (C=N–C) groups is 1. The predicted molar refractivity (Wildman–Crippen MR) is 84.3 cm³/mol. The average molecular weight is 314 g/mol. The predicted octanol–water partition coefficient (Wildman–Crippen LogP) is 1.75. The standard InChI is InChI=1S/C16H14N2O3S/c1-3-11(16(20)21-2)18-14(19)13-15(18)22-12(17-13)9-10-7-5-4-6-8-10/h4-8,13,15H,1,9H2,2H3. The second-order valence-electron chi connectivity index (χ2n) is 4.86. The average Bonchev–Trinajstić information content (AvgIpc) is 2.91. The highest BCUT2D eigenvalue weighted by Gasteiger charge is 2.54. The van der Waals surface area contributed by atoms with E-state index < -0.39 is 12.0 Å². The Morgan fingerprint density at radius 2 is 2.18 bits per heavy atom. The number of amides is 1. The molecule has 2 heterocycles. The Hall–Kier alpha value is -2.30. The van der Waals surface area contributed by atoms with E-state index in [4.69, 9.17) is 0 Å². The number of rotatable bonds is 4. The second kappa shape index (κ2) is 5.83. The van der Waals surface area contributed by atoms with Gasteiger partial charge in [0.25, 0.3) is 5.91 Å². The van der Waals surface area contributed by atoms with Gasteiger partial charge < -0.3 is 4.74 Å². The van der Waals surface area contributed by atoms with E-state index in [9.17, 15) is 9.59 Å². The van der Waals surface area contributed by atoms with Crippen molar-refractivity contribution in [2.75, 3.05) is 7.11 Å². The first-order valence-electron chi connectivity index (χ1n) is 6.74. The summed E-state index contributed by atoms with van der Waals surface area (Å²) in [7, 11) is 1.26. The molecular formula is C16H14N2O3S. The number of ether oxygens (including phenoxy) is 1. The number of hydrogen-bond donors (Lipinski definition) is 0. The molecule has 2 unspecified atom stereocenters. The Morgan fingerprint density at radius 3 is 2.82 bits per heavy atom. The summed E-state index contributed by atoms with van der Waals surface area (Å²) in [6.45, 7) is 3.46. The lowest BCUT2D eigenvalue weighted by atomic mass is 10.1. The fourth-order valence-corrected chi connectivity index (χ4v) is 3.78. The summed E-state index contributed by atoms with van der Waals surface area (Å²) in [5.74, 6) is -0.823. The Labute approximate surface area is 132 Å². The maximum Gasteiger partial charge on any atom is 0.363 e. The smallest absolute Gasteiger partial charge is 0.363 e. The SMILES string of the molecule is C=C=C(C(=O)OC)N1C(=O)C2N=C(Cc3ccccc3)SC21. The molecule has 1 aromatic rings. The van der Waals surface area contributed by atoms with Gasteiger partial charge in [-0.25, -0.2) is 4.79 Å². The minimum Gasteiger partial charge on any atom is -0.464 e. The number of likely N-dealkylation sites (tertiary alicyclic amines) is 1. The van der Waals surface area contributed by atoms with Crippen molar-refractivity contribution in [1.29, 1.82) is 0 Å². The lowest BCUT2D eigenvalue weighted by Gasteiger charge is -2.40. The molecule has 0 radical (unpaired) electrons. The second-order valence-corrected chi connectivity index (χ2v) is 6.05. The zero-order valence-corrected chi connectivity index (χ0v) is 12.8. The number of methoxy groups -OCH3 is 1. The molecule has 3 rings (SSSR count). The Morgan fingerprint density at radius 1 is 1.45 bits per heavy atom. The van der Waals surface area contributed by atoms with Crippen LogP contribution in [-0.4, -0.2) is 40.3 Å². The van der Waals surface area contributed by atoms with Gasteiger partial charge in [0.1, 0.15) is 5.37 Å². The molecule has 112 valence electrons. The van der Waals surface area contributed by atoms with Crippen LogP contribution in [0.1, 0.15) is 5.56 Å². The van der Waals surface area contributed by atoms with E-state index in [2.05, 4.69) is 22.0 Å². The molecule has 0 aromatic heterocycles. The summed E-state index contributed by atoms with van der Waals surface area (Å²) in [6.07, 6.45) is 0.686. The first-order valence-corrected chi connectivity index (χ1v) is 7.62. The summed E-state index contributed by atoms with van der Waals surface area (Å²) >= 11 is 1.50. The van der Waals surface area contributed by atoms with Gasteiger partial charge in [0, 0.05) is 6.42 Å². The third-order valence-electron chi connectivity index (χ3n) is 3.54. The maximum atomic E-state index is 12.2. The summed E-state index contributed by atoms with van der Waals surface area (Å²) in [5, 5.41) is 0.694. The van der Waals surface area contributed by atoms with Crippen LogP contribution in [0.2, 0.25) is 0 Å². The van der Waals surface area contributed by atoms with Crippen molar-refractivity contribution in [3.05, 3.63) is 53.9 Å². The van der Waals surface area contributed by atoms with E-state index >= 15 is 0 Å². The molecule has 2 aliphatic heterocycles. The third-order valence-corrected chi connectivity index (χ3v) is 4.77. The minimum absolute atomic E-state index is 0.0532. The van der Waals surface area contributed by atoms with Crippen LogP contribution in [0.5, 0.6) is 0 Å². The van der Waals surface area contributed by atoms with Crippen LogP contribution in [0.4, 0.5) is 0 Å². The number of esters is 1. The number of carbonyl (C=O) groups excluding carboxylic acids is 2. The quantitative estimate of drug-likeness (QED) is 0.368. The summed E-state index contributed by atoms with van der Waals surface area (Å²) in [6, 6.07) is 9.52. The molecule has 22 heavy (non-hydrogen) atoms. The number of β-lactam (4-membered cyclic amide) rings is 1. The van der Waals surface area contributed by atoms with E-state index in [0.717, 1.165) is 10.6 Å². The largest absolute Gasteiger partial charge is 0.464 e. The molecule has 6 heteroatoms. The van der Waals surface area contributed by atoms with Gasteiger partial charge in [-0.1, -0.05) is 54.4 Å². The van der Waals surface area contributed by atoms with Crippen molar-refractivity contribution in [3.8, 4) is 0 Å². The Balaban J connectivity index is 1.74. The van der Waals surface area contributed by atoms with Gasteiger partial charge in [0.05, 0.1) is 12.2 Å². The Bertz CT molecular complexity index is 707. The van der Waals surface area contributed by atoms with Crippen LogP contribution in [0, 0.1) is 0 Å². The number of hydrogen-bond acceptors (Lipinski definition) is 5. The number of thioether (sulfide) groups is 1. The van der Waals surface area contributed by atoms with Crippen LogP contribution in [0.15, 0.2) is 53.3 Å². The molecule has 1 saturated heterocycles. The summed E-state index contributed by atoms with van der Waals surface area (Å²) in [5.41, 5.74) is 3.69. The molecule has 0 N–H and O–H groups in total. The van der Waals surface area contributed by atoms with Crippen molar-refractivity contribution in [2.45, 2.75) is 17.8 Å². The maximum absolute atomic E-state index is 12.2. The van der Waals surface area contributed by atoms with E-state index in [1.165, 1.54) is 23.8 Å². The van der Waals surface area contributed by atoms with E-state index in [0.29, 0.717) is 6.42 Å². The highest BCUT2D eigenvalue weighted by Crippen LogP contribution is 2.41.